The summed E-state index contributed by atoms with van der Waals surface area (Å²) >= 11 is 0.779. The first-order valence-corrected chi connectivity index (χ1v) is 8.92. The predicted octanol–water partition coefficient (Wildman–Crippen LogP) is -0.726. The highest BCUT2D eigenvalue weighted by Gasteiger charge is 2.19. The molecule has 0 bridgehead atoms. The van der Waals surface area contributed by atoms with E-state index in [1.807, 2.05) is 4.72 Å². The summed E-state index contributed by atoms with van der Waals surface area (Å²) in [6.45, 7) is -0.302. The number of rotatable bonds is 7. The maximum Gasteiger partial charge on any atom is 0.345 e. The number of nitrogens with one attached hydrogen (secondary N) is 2. The van der Waals surface area contributed by atoms with Gasteiger partial charge >= 0.3 is 5.97 Å². The molecule has 0 amide bonds. The highest BCUT2D eigenvalue weighted by molar-refractivity contribution is 7.90. The summed E-state index contributed by atoms with van der Waals surface area (Å²) in [5.41, 5.74) is 0. The van der Waals surface area contributed by atoms with Crippen LogP contribution in [0.25, 0.3) is 0 Å². The van der Waals surface area contributed by atoms with Gasteiger partial charge in [0.1, 0.15) is 4.88 Å². The smallest absolute Gasteiger partial charge is 0.345 e. The second-order valence-corrected chi connectivity index (χ2v) is 8.10. The molecule has 1 rings (SSSR count). The molecule has 0 unspecified atom stereocenters. The van der Waals surface area contributed by atoms with E-state index in [9.17, 15) is 21.6 Å². The van der Waals surface area contributed by atoms with E-state index in [-0.39, 0.29) is 16.3 Å². The topological polar surface area (TPSA) is 130 Å². The van der Waals surface area contributed by atoms with E-state index in [0.29, 0.717) is 0 Å². The van der Waals surface area contributed by atoms with E-state index >= 15 is 0 Å². The maximum atomic E-state index is 11.7. The van der Waals surface area contributed by atoms with Crippen LogP contribution in [-0.2, 0) is 20.0 Å². The number of hydrogen-bond acceptors (Lipinski definition) is 6. The molecule has 0 radical (unpaired) electrons. The van der Waals surface area contributed by atoms with Crippen molar-refractivity contribution < 1.29 is 26.7 Å². The van der Waals surface area contributed by atoms with Gasteiger partial charge in [0, 0.05) is 11.9 Å². The van der Waals surface area contributed by atoms with Gasteiger partial charge in [0.05, 0.1) is 10.6 Å². The van der Waals surface area contributed by atoms with E-state index in [1.54, 1.807) is 0 Å². The summed E-state index contributed by atoms with van der Waals surface area (Å²) in [6, 6.07) is 1.02. The predicted molar refractivity (Wildman–Crippen MR) is 69.3 cm³/mol. The zero-order valence-electron chi connectivity index (χ0n) is 9.78. The summed E-state index contributed by atoms with van der Waals surface area (Å²) in [7, 11) is -6.18. The minimum absolute atomic E-state index is 0.108. The lowest BCUT2D eigenvalue weighted by Crippen LogP contribution is -2.32. The molecule has 0 aliphatic heterocycles. The van der Waals surface area contributed by atoms with Gasteiger partial charge in [-0.1, -0.05) is 0 Å². The molecule has 1 aromatic rings. The van der Waals surface area contributed by atoms with Crippen LogP contribution < -0.4 is 9.44 Å². The van der Waals surface area contributed by atoms with Crippen LogP contribution >= 0.6 is 11.3 Å². The third-order valence-corrected chi connectivity index (χ3v) is 5.94. The van der Waals surface area contributed by atoms with Crippen LogP contribution in [-0.4, -0.2) is 47.3 Å². The number of thiophene rings is 1. The molecule has 0 saturated carbocycles. The summed E-state index contributed by atoms with van der Waals surface area (Å²) in [4.78, 5) is 10.3. The summed E-state index contributed by atoms with van der Waals surface area (Å²) in [5, 5.41) is 9.87. The quantitative estimate of drug-likeness (QED) is 0.605. The largest absolute Gasteiger partial charge is 0.477 e. The van der Waals surface area contributed by atoms with Crippen LogP contribution in [0.3, 0.4) is 0 Å². The fourth-order valence-electron chi connectivity index (χ4n) is 1.07. The van der Waals surface area contributed by atoms with Crippen molar-refractivity contribution >= 4 is 37.4 Å². The fourth-order valence-corrected chi connectivity index (χ4v) is 3.91. The minimum atomic E-state index is -3.90. The summed E-state index contributed by atoms with van der Waals surface area (Å²) < 4.78 is 49.8. The Morgan fingerprint density at radius 2 is 2.00 bits per heavy atom. The van der Waals surface area contributed by atoms with Crippen molar-refractivity contribution in [2.75, 3.05) is 19.3 Å². The molecule has 108 valence electrons. The number of hydrogen-bond donors (Lipinski definition) is 3. The first-order chi connectivity index (χ1) is 8.68. The van der Waals surface area contributed by atoms with E-state index in [1.165, 1.54) is 12.4 Å². The molecule has 1 heterocycles. The lowest BCUT2D eigenvalue weighted by Gasteiger charge is -2.05. The standard InChI is InChI=1S/C8H12N2O6S3/c1-9-18(13,14)3-2-10-19(15,16)6-4-7(8(11)12)17-5-6/h4-5,9-10H,2-3H2,1H3,(H,11,12). The molecule has 0 aliphatic rings. The Morgan fingerprint density at radius 3 is 2.47 bits per heavy atom. The van der Waals surface area contributed by atoms with E-state index in [4.69, 9.17) is 5.11 Å². The second-order valence-electron chi connectivity index (χ2n) is 3.37. The molecule has 1 aromatic heterocycles. The molecule has 8 nitrogen and oxygen atoms in total. The monoisotopic (exact) mass is 328 g/mol. The molecule has 19 heavy (non-hydrogen) atoms. The molecular formula is C8H12N2O6S3. The van der Waals surface area contributed by atoms with Gasteiger partial charge in [-0.2, -0.15) is 0 Å². The average Bonchev–Trinajstić information content (AvgIpc) is 2.78. The Bertz CT molecular complexity index is 660. The van der Waals surface area contributed by atoms with Crippen molar-refractivity contribution in [1.82, 2.24) is 9.44 Å². The SMILES string of the molecule is CNS(=O)(=O)CCNS(=O)(=O)c1csc(C(=O)O)c1. The molecule has 0 atom stereocenters. The van der Waals surface area contributed by atoms with Gasteiger partial charge in [-0.05, 0) is 13.1 Å². The Labute approximate surface area is 114 Å². The number of sulfonamides is 2. The van der Waals surface area contributed by atoms with Gasteiger partial charge in [-0.25, -0.2) is 31.1 Å². The summed E-state index contributed by atoms with van der Waals surface area (Å²) in [6.07, 6.45) is 0. The number of aromatic carboxylic acids is 1. The van der Waals surface area contributed by atoms with Gasteiger partial charge in [0.15, 0.2) is 0 Å². The Balaban J connectivity index is 2.73. The van der Waals surface area contributed by atoms with E-state index < -0.39 is 31.8 Å². The fraction of sp³-hybridized carbons (Fsp3) is 0.375. The van der Waals surface area contributed by atoms with Crippen LogP contribution in [0.4, 0.5) is 0 Å². The molecule has 0 fully saturated rings. The van der Waals surface area contributed by atoms with E-state index in [2.05, 4.69) is 4.72 Å². The normalized spacial score (nSPS) is 12.5. The molecule has 0 spiro atoms. The molecular weight excluding hydrogens is 316 g/mol. The third-order valence-electron chi connectivity index (χ3n) is 2.07. The van der Waals surface area contributed by atoms with Crippen LogP contribution in [0.5, 0.6) is 0 Å². The Morgan fingerprint density at radius 1 is 1.37 bits per heavy atom. The molecule has 3 N–H and O–H groups in total. The van der Waals surface area contributed by atoms with Crippen molar-refractivity contribution in [3.05, 3.63) is 16.3 Å². The third kappa shape index (κ3) is 4.54. The van der Waals surface area contributed by atoms with Crippen LogP contribution in [0.2, 0.25) is 0 Å². The molecule has 0 aromatic carbocycles. The van der Waals surface area contributed by atoms with Gasteiger partial charge in [0.25, 0.3) is 0 Å². The maximum absolute atomic E-state index is 11.7. The first-order valence-electron chi connectivity index (χ1n) is 4.90. The number of carbonyl (C=O) groups is 1. The van der Waals surface area contributed by atoms with Gasteiger partial charge in [0.2, 0.25) is 20.0 Å². The van der Waals surface area contributed by atoms with Crippen LogP contribution in [0.1, 0.15) is 9.67 Å². The van der Waals surface area contributed by atoms with Crippen LogP contribution in [0.15, 0.2) is 16.3 Å². The van der Waals surface area contributed by atoms with Crippen molar-refractivity contribution in [3.8, 4) is 0 Å². The zero-order valence-corrected chi connectivity index (χ0v) is 12.2. The van der Waals surface area contributed by atoms with Crippen molar-refractivity contribution in [2.45, 2.75) is 4.90 Å². The lowest BCUT2D eigenvalue weighted by molar-refractivity contribution is 0.0702. The first kappa shape index (κ1) is 16.0. The summed E-state index contributed by atoms with van der Waals surface area (Å²) in [5.74, 6) is -1.62. The van der Waals surface area contributed by atoms with Crippen molar-refractivity contribution in [2.24, 2.45) is 0 Å². The molecule has 0 aliphatic carbocycles. The van der Waals surface area contributed by atoms with Gasteiger partial charge in [-0.3, -0.25) is 0 Å². The molecule has 0 saturated heterocycles. The highest BCUT2D eigenvalue weighted by atomic mass is 32.2. The second kappa shape index (κ2) is 5.96. The average molecular weight is 328 g/mol. The van der Waals surface area contributed by atoms with Crippen LogP contribution in [0, 0.1) is 0 Å². The Hall–Kier alpha value is -1.01. The zero-order chi connectivity index (χ0) is 14.7. The minimum Gasteiger partial charge on any atom is -0.477 e. The van der Waals surface area contributed by atoms with E-state index in [0.717, 1.165) is 17.4 Å². The highest BCUT2D eigenvalue weighted by Crippen LogP contribution is 2.18. The van der Waals surface area contributed by atoms with Gasteiger partial charge in [-0.15, -0.1) is 11.3 Å². The molecule has 11 heteroatoms. The number of carboxylic acids is 1. The number of carboxylic acid groups (broad SMARTS) is 1. The van der Waals surface area contributed by atoms with Gasteiger partial charge < -0.3 is 5.11 Å². The van der Waals surface area contributed by atoms with Crippen molar-refractivity contribution in [3.63, 3.8) is 0 Å². The lowest BCUT2D eigenvalue weighted by atomic mass is 10.5. The Kier molecular flexibility index (Phi) is 5.04. The van der Waals surface area contributed by atoms with Crippen molar-refractivity contribution in [1.29, 1.82) is 0 Å².